The van der Waals surface area contributed by atoms with Crippen LogP contribution in [-0.4, -0.2) is 30.9 Å². The van der Waals surface area contributed by atoms with Crippen molar-refractivity contribution in [2.75, 3.05) is 20.1 Å². The zero-order chi connectivity index (χ0) is 10.3. The first-order valence-corrected chi connectivity index (χ1v) is 5.08. The Kier molecular flexibility index (Phi) is 6.59. The van der Waals surface area contributed by atoms with Gasteiger partial charge in [-0.25, -0.2) is 0 Å². The van der Waals surface area contributed by atoms with Gasteiger partial charge in [-0.2, -0.15) is 0 Å². The molecular weight excluding hydrogens is 164 g/mol. The molecule has 13 heavy (non-hydrogen) atoms. The van der Waals surface area contributed by atoms with Crippen LogP contribution in [0, 0.1) is 5.92 Å². The Morgan fingerprint density at radius 3 is 2.62 bits per heavy atom. The fourth-order valence-electron chi connectivity index (χ4n) is 1.26. The van der Waals surface area contributed by atoms with E-state index in [0.717, 1.165) is 25.8 Å². The molecule has 0 rings (SSSR count). The molecule has 0 heterocycles. The van der Waals surface area contributed by atoms with Crippen molar-refractivity contribution in [1.29, 1.82) is 0 Å². The first-order valence-electron chi connectivity index (χ1n) is 5.08. The van der Waals surface area contributed by atoms with Gasteiger partial charge < -0.3 is 10.6 Å². The molecule has 0 aliphatic rings. The molecule has 78 valence electrons. The third kappa shape index (κ3) is 4.88. The molecule has 3 nitrogen and oxygen atoms in total. The number of unbranched alkanes of at least 4 members (excludes halogenated alkanes) is 1. The van der Waals surface area contributed by atoms with Crippen molar-refractivity contribution in [1.82, 2.24) is 4.90 Å². The molecule has 0 aliphatic carbocycles. The zero-order valence-corrected chi connectivity index (χ0v) is 9.05. The number of carbonyl (C=O) groups excluding carboxylic acids is 1. The summed E-state index contributed by atoms with van der Waals surface area (Å²) in [7, 11) is 1.87. The highest BCUT2D eigenvalue weighted by atomic mass is 16.2. The van der Waals surface area contributed by atoms with Gasteiger partial charge in [0, 0.05) is 19.5 Å². The van der Waals surface area contributed by atoms with E-state index in [4.69, 9.17) is 5.73 Å². The van der Waals surface area contributed by atoms with E-state index in [2.05, 4.69) is 6.92 Å². The van der Waals surface area contributed by atoms with E-state index >= 15 is 0 Å². The minimum atomic E-state index is 0.0758. The monoisotopic (exact) mass is 186 g/mol. The number of carbonyl (C=O) groups is 1. The van der Waals surface area contributed by atoms with Crippen molar-refractivity contribution in [3.63, 3.8) is 0 Å². The van der Waals surface area contributed by atoms with Crippen LogP contribution in [-0.2, 0) is 4.79 Å². The molecular formula is C10H22N2O. The van der Waals surface area contributed by atoms with E-state index in [1.807, 2.05) is 18.9 Å². The average molecular weight is 186 g/mol. The Hall–Kier alpha value is -0.570. The molecule has 3 heteroatoms. The Morgan fingerprint density at radius 1 is 1.54 bits per heavy atom. The van der Waals surface area contributed by atoms with E-state index in [-0.39, 0.29) is 11.8 Å². The summed E-state index contributed by atoms with van der Waals surface area (Å²) in [6.45, 7) is 5.53. The van der Waals surface area contributed by atoms with Gasteiger partial charge in [0.25, 0.3) is 0 Å². The zero-order valence-electron chi connectivity index (χ0n) is 9.05. The van der Waals surface area contributed by atoms with Crippen LogP contribution >= 0.6 is 0 Å². The lowest BCUT2D eigenvalue weighted by atomic mass is 10.1. The fourth-order valence-corrected chi connectivity index (χ4v) is 1.26. The van der Waals surface area contributed by atoms with Gasteiger partial charge in [-0.05, 0) is 19.4 Å². The topological polar surface area (TPSA) is 46.3 Å². The van der Waals surface area contributed by atoms with Gasteiger partial charge in [-0.3, -0.25) is 4.79 Å². The van der Waals surface area contributed by atoms with Gasteiger partial charge in [0.2, 0.25) is 5.91 Å². The van der Waals surface area contributed by atoms with Crippen LogP contribution in [0.4, 0.5) is 0 Å². The standard InChI is InChI=1S/C10H22N2O/c1-4-5-8-12(3)10(13)9(2)6-7-11/h9H,4-8,11H2,1-3H3. The molecule has 0 aromatic rings. The first kappa shape index (κ1) is 12.4. The van der Waals surface area contributed by atoms with Gasteiger partial charge in [-0.1, -0.05) is 20.3 Å². The molecule has 0 spiro atoms. The summed E-state index contributed by atoms with van der Waals surface area (Å²) in [4.78, 5) is 13.4. The lowest BCUT2D eigenvalue weighted by molar-refractivity contribution is -0.133. The largest absolute Gasteiger partial charge is 0.346 e. The highest BCUT2D eigenvalue weighted by Gasteiger charge is 2.15. The second-order valence-corrected chi connectivity index (χ2v) is 3.59. The van der Waals surface area contributed by atoms with Crippen LogP contribution in [0.15, 0.2) is 0 Å². The van der Waals surface area contributed by atoms with Crippen molar-refractivity contribution in [2.24, 2.45) is 11.7 Å². The predicted molar refractivity (Wildman–Crippen MR) is 55.4 cm³/mol. The Bertz CT molecular complexity index is 148. The second kappa shape index (κ2) is 6.89. The van der Waals surface area contributed by atoms with Crippen LogP contribution in [0.25, 0.3) is 0 Å². The number of hydrogen-bond acceptors (Lipinski definition) is 2. The highest BCUT2D eigenvalue weighted by molar-refractivity contribution is 5.78. The smallest absolute Gasteiger partial charge is 0.225 e. The number of rotatable bonds is 6. The third-order valence-electron chi connectivity index (χ3n) is 2.24. The minimum absolute atomic E-state index is 0.0758. The van der Waals surface area contributed by atoms with Gasteiger partial charge in [-0.15, -0.1) is 0 Å². The fraction of sp³-hybridized carbons (Fsp3) is 0.900. The second-order valence-electron chi connectivity index (χ2n) is 3.59. The van der Waals surface area contributed by atoms with E-state index in [9.17, 15) is 4.79 Å². The van der Waals surface area contributed by atoms with Crippen molar-refractivity contribution < 1.29 is 4.79 Å². The predicted octanol–water partition coefficient (Wildman–Crippen LogP) is 1.23. The molecule has 0 aliphatic heterocycles. The Labute approximate surface area is 81.3 Å². The van der Waals surface area contributed by atoms with Crippen molar-refractivity contribution in [3.05, 3.63) is 0 Å². The maximum absolute atomic E-state index is 11.6. The molecule has 0 bridgehead atoms. The van der Waals surface area contributed by atoms with Gasteiger partial charge >= 0.3 is 0 Å². The minimum Gasteiger partial charge on any atom is -0.346 e. The van der Waals surface area contributed by atoms with Crippen LogP contribution in [0.5, 0.6) is 0 Å². The van der Waals surface area contributed by atoms with E-state index in [1.165, 1.54) is 0 Å². The molecule has 0 saturated heterocycles. The van der Waals surface area contributed by atoms with Crippen molar-refractivity contribution in [3.8, 4) is 0 Å². The Balaban J connectivity index is 3.79. The summed E-state index contributed by atoms with van der Waals surface area (Å²) < 4.78 is 0. The molecule has 2 N–H and O–H groups in total. The SMILES string of the molecule is CCCCN(C)C(=O)C(C)CCN. The normalized spacial score (nSPS) is 12.6. The molecule has 1 unspecified atom stereocenters. The number of hydrogen-bond donors (Lipinski definition) is 1. The summed E-state index contributed by atoms with van der Waals surface area (Å²) in [5.74, 6) is 0.297. The van der Waals surface area contributed by atoms with Gasteiger partial charge in [0.15, 0.2) is 0 Å². The number of nitrogens with two attached hydrogens (primary N) is 1. The molecule has 0 aromatic carbocycles. The molecule has 1 amide bonds. The van der Waals surface area contributed by atoms with Crippen LogP contribution in [0.1, 0.15) is 33.1 Å². The maximum atomic E-state index is 11.6. The highest BCUT2D eigenvalue weighted by Crippen LogP contribution is 2.05. The van der Waals surface area contributed by atoms with E-state index in [1.54, 1.807) is 0 Å². The molecule has 0 aromatic heterocycles. The summed E-state index contributed by atoms with van der Waals surface area (Å²) in [5.41, 5.74) is 5.40. The quantitative estimate of drug-likeness (QED) is 0.678. The first-order chi connectivity index (χ1) is 6.13. The lowest BCUT2D eigenvalue weighted by Crippen LogP contribution is -2.33. The molecule has 1 atom stereocenters. The van der Waals surface area contributed by atoms with Crippen molar-refractivity contribution in [2.45, 2.75) is 33.1 Å². The third-order valence-corrected chi connectivity index (χ3v) is 2.24. The van der Waals surface area contributed by atoms with Crippen LogP contribution < -0.4 is 5.73 Å². The van der Waals surface area contributed by atoms with E-state index in [0.29, 0.717) is 6.54 Å². The summed E-state index contributed by atoms with van der Waals surface area (Å²) in [6, 6.07) is 0. The van der Waals surface area contributed by atoms with Crippen LogP contribution in [0.3, 0.4) is 0 Å². The van der Waals surface area contributed by atoms with Gasteiger partial charge in [0.05, 0.1) is 0 Å². The van der Waals surface area contributed by atoms with Gasteiger partial charge in [0.1, 0.15) is 0 Å². The average Bonchev–Trinajstić information content (AvgIpc) is 2.13. The number of nitrogens with zero attached hydrogens (tertiary/aromatic N) is 1. The summed E-state index contributed by atoms with van der Waals surface area (Å²) in [5, 5.41) is 0. The van der Waals surface area contributed by atoms with Crippen LogP contribution in [0.2, 0.25) is 0 Å². The molecule has 0 radical (unpaired) electrons. The summed E-state index contributed by atoms with van der Waals surface area (Å²) >= 11 is 0. The summed E-state index contributed by atoms with van der Waals surface area (Å²) in [6.07, 6.45) is 3.00. The van der Waals surface area contributed by atoms with E-state index < -0.39 is 0 Å². The Morgan fingerprint density at radius 2 is 2.15 bits per heavy atom. The molecule has 0 saturated carbocycles. The lowest BCUT2D eigenvalue weighted by Gasteiger charge is -2.20. The number of amides is 1. The molecule has 0 fully saturated rings. The van der Waals surface area contributed by atoms with Crippen molar-refractivity contribution >= 4 is 5.91 Å². The maximum Gasteiger partial charge on any atom is 0.225 e.